The lowest BCUT2D eigenvalue weighted by Gasteiger charge is -2.21. The summed E-state index contributed by atoms with van der Waals surface area (Å²) in [5.74, 6) is 0. The molecule has 0 unspecified atom stereocenters. The van der Waals surface area contributed by atoms with E-state index in [4.69, 9.17) is 5.73 Å². The summed E-state index contributed by atoms with van der Waals surface area (Å²) in [7, 11) is 0. The van der Waals surface area contributed by atoms with Crippen molar-refractivity contribution < 1.29 is 0 Å². The third-order valence-corrected chi connectivity index (χ3v) is 7.14. The number of fused-ring (bicyclic) bond motifs is 3. The van der Waals surface area contributed by atoms with Crippen LogP contribution in [0.1, 0.15) is 0 Å². The molecular formula is C34H23N. The molecule has 0 spiro atoms. The SMILES string of the molecule is Nc1ccc(-c2cc(-c3ccccc3)c3c(c2-c2ccccc2)-c2cccc4cccc-3c24)cc1. The summed E-state index contributed by atoms with van der Waals surface area (Å²) in [4.78, 5) is 0. The van der Waals surface area contributed by atoms with Gasteiger partial charge in [-0.3, -0.25) is 0 Å². The van der Waals surface area contributed by atoms with Gasteiger partial charge in [-0.05, 0) is 84.6 Å². The Morgan fingerprint density at radius 2 is 0.914 bits per heavy atom. The summed E-state index contributed by atoms with van der Waals surface area (Å²) in [5, 5.41) is 2.62. The van der Waals surface area contributed by atoms with E-state index >= 15 is 0 Å². The number of anilines is 1. The molecule has 0 radical (unpaired) electrons. The van der Waals surface area contributed by atoms with Crippen molar-refractivity contribution in [3.63, 3.8) is 0 Å². The highest BCUT2D eigenvalue weighted by Crippen LogP contribution is 2.56. The predicted octanol–water partition coefficient (Wildman–Crippen LogP) is 9.07. The molecule has 164 valence electrons. The van der Waals surface area contributed by atoms with Crippen LogP contribution in [0.3, 0.4) is 0 Å². The quantitative estimate of drug-likeness (QED) is 0.270. The predicted molar refractivity (Wildman–Crippen MR) is 149 cm³/mol. The Balaban J connectivity index is 1.69. The van der Waals surface area contributed by atoms with Crippen molar-refractivity contribution in [2.24, 2.45) is 0 Å². The van der Waals surface area contributed by atoms with Gasteiger partial charge in [0.2, 0.25) is 0 Å². The maximum Gasteiger partial charge on any atom is 0.0314 e. The molecule has 1 aliphatic carbocycles. The average Bonchev–Trinajstić information content (AvgIpc) is 3.26. The first kappa shape index (κ1) is 19.8. The van der Waals surface area contributed by atoms with Gasteiger partial charge in [-0.25, -0.2) is 0 Å². The lowest BCUT2D eigenvalue weighted by Crippen LogP contribution is -1.94. The first-order valence-electron chi connectivity index (χ1n) is 12.0. The van der Waals surface area contributed by atoms with E-state index in [1.807, 2.05) is 12.1 Å². The molecule has 6 aromatic carbocycles. The van der Waals surface area contributed by atoms with Crippen molar-refractivity contribution >= 4 is 16.5 Å². The summed E-state index contributed by atoms with van der Waals surface area (Å²) in [6.45, 7) is 0. The van der Waals surface area contributed by atoms with Crippen molar-refractivity contribution in [2.75, 3.05) is 5.73 Å². The molecule has 7 rings (SSSR count). The minimum Gasteiger partial charge on any atom is -0.399 e. The van der Waals surface area contributed by atoms with Gasteiger partial charge in [0.25, 0.3) is 0 Å². The van der Waals surface area contributed by atoms with Crippen LogP contribution in [0, 0.1) is 0 Å². The highest BCUT2D eigenvalue weighted by molar-refractivity contribution is 6.22. The molecule has 0 saturated heterocycles. The molecule has 2 N–H and O–H groups in total. The topological polar surface area (TPSA) is 26.0 Å². The number of nitrogens with two attached hydrogens (primary N) is 1. The van der Waals surface area contributed by atoms with Crippen molar-refractivity contribution in [2.45, 2.75) is 0 Å². The van der Waals surface area contributed by atoms with Crippen molar-refractivity contribution in [1.82, 2.24) is 0 Å². The van der Waals surface area contributed by atoms with Crippen LogP contribution in [0.4, 0.5) is 5.69 Å². The zero-order valence-electron chi connectivity index (χ0n) is 19.2. The number of rotatable bonds is 3. The number of nitrogen functional groups attached to an aromatic ring is 1. The van der Waals surface area contributed by atoms with Crippen LogP contribution in [0.15, 0.2) is 127 Å². The van der Waals surface area contributed by atoms with Crippen molar-refractivity contribution in [3.8, 4) is 55.6 Å². The van der Waals surface area contributed by atoms with Crippen LogP contribution < -0.4 is 5.73 Å². The molecule has 0 saturated carbocycles. The fourth-order valence-corrected chi connectivity index (χ4v) is 5.63. The minimum atomic E-state index is 0.775. The second kappa shape index (κ2) is 7.72. The van der Waals surface area contributed by atoms with Crippen LogP contribution >= 0.6 is 0 Å². The second-order valence-corrected chi connectivity index (χ2v) is 9.16. The number of hydrogen-bond donors (Lipinski definition) is 1. The van der Waals surface area contributed by atoms with Gasteiger partial charge in [0.15, 0.2) is 0 Å². The minimum absolute atomic E-state index is 0.775. The first-order chi connectivity index (χ1) is 17.3. The molecule has 0 amide bonds. The van der Waals surface area contributed by atoms with Gasteiger partial charge in [-0.1, -0.05) is 109 Å². The van der Waals surface area contributed by atoms with E-state index in [-0.39, 0.29) is 0 Å². The Kier molecular flexibility index (Phi) is 4.37. The molecule has 6 aromatic rings. The molecule has 1 heteroatoms. The molecule has 1 aliphatic rings. The molecule has 0 atom stereocenters. The molecule has 0 aliphatic heterocycles. The largest absolute Gasteiger partial charge is 0.399 e. The lowest BCUT2D eigenvalue weighted by molar-refractivity contribution is 1.56. The molecule has 1 nitrogen and oxygen atoms in total. The van der Waals surface area contributed by atoms with E-state index in [0.29, 0.717) is 0 Å². The van der Waals surface area contributed by atoms with Crippen LogP contribution in [-0.4, -0.2) is 0 Å². The fourth-order valence-electron chi connectivity index (χ4n) is 5.63. The molecule has 0 heterocycles. The fraction of sp³-hybridized carbons (Fsp3) is 0. The molecule has 0 aromatic heterocycles. The van der Waals surface area contributed by atoms with Gasteiger partial charge in [0.05, 0.1) is 0 Å². The Morgan fingerprint density at radius 3 is 1.57 bits per heavy atom. The van der Waals surface area contributed by atoms with E-state index in [1.165, 1.54) is 66.4 Å². The average molecular weight is 446 g/mol. The monoisotopic (exact) mass is 445 g/mol. The van der Waals surface area contributed by atoms with E-state index in [2.05, 4.69) is 115 Å². The van der Waals surface area contributed by atoms with Crippen LogP contribution in [0.2, 0.25) is 0 Å². The molecular weight excluding hydrogens is 422 g/mol. The first-order valence-corrected chi connectivity index (χ1v) is 12.0. The van der Waals surface area contributed by atoms with Gasteiger partial charge >= 0.3 is 0 Å². The van der Waals surface area contributed by atoms with Gasteiger partial charge in [0, 0.05) is 5.69 Å². The molecule has 0 bridgehead atoms. The van der Waals surface area contributed by atoms with Gasteiger partial charge < -0.3 is 5.73 Å². The van der Waals surface area contributed by atoms with Crippen LogP contribution in [0.25, 0.3) is 66.4 Å². The summed E-state index contributed by atoms with van der Waals surface area (Å²) in [5.41, 5.74) is 19.5. The Hall–Kier alpha value is -4.62. The van der Waals surface area contributed by atoms with Crippen LogP contribution in [-0.2, 0) is 0 Å². The summed E-state index contributed by atoms with van der Waals surface area (Å²) >= 11 is 0. The Morgan fingerprint density at radius 1 is 0.371 bits per heavy atom. The lowest BCUT2D eigenvalue weighted by atomic mass is 9.82. The highest BCUT2D eigenvalue weighted by Gasteiger charge is 2.29. The summed E-state index contributed by atoms with van der Waals surface area (Å²) in [6, 6.07) is 45.6. The highest BCUT2D eigenvalue weighted by atomic mass is 14.5. The number of hydrogen-bond acceptors (Lipinski definition) is 1. The van der Waals surface area contributed by atoms with E-state index in [9.17, 15) is 0 Å². The third kappa shape index (κ3) is 3.02. The number of benzene rings is 6. The molecule has 0 fully saturated rings. The maximum atomic E-state index is 6.07. The Bertz CT molecular complexity index is 1710. The second-order valence-electron chi connectivity index (χ2n) is 9.16. The maximum absolute atomic E-state index is 6.07. The summed E-state index contributed by atoms with van der Waals surface area (Å²) < 4.78 is 0. The van der Waals surface area contributed by atoms with Gasteiger partial charge in [-0.15, -0.1) is 0 Å². The van der Waals surface area contributed by atoms with Gasteiger partial charge in [-0.2, -0.15) is 0 Å². The van der Waals surface area contributed by atoms with Crippen molar-refractivity contribution in [1.29, 1.82) is 0 Å². The van der Waals surface area contributed by atoms with Gasteiger partial charge in [0.1, 0.15) is 0 Å². The van der Waals surface area contributed by atoms with Crippen molar-refractivity contribution in [3.05, 3.63) is 127 Å². The Labute approximate surface area is 205 Å². The standard InChI is InChI=1S/C34H23N/c35-26-19-17-23(18-20-26)29-21-30(22-9-3-1-4-10-22)33-27-15-7-13-24-14-8-16-28(31(24)27)34(33)32(29)25-11-5-2-6-12-25/h1-21H,35H2. The zero-order valence-corrected chi connectivity index (χ0v) is 19.2. The zero-order chi connectivity index (χ0) is 23.4. The summed E-state index contributed by atoms with van der Waals surface area (Å²) in [6.07, 6.45) is 0. The van der Waals surface area contributed by atoms with E-state index < -0.39 is 0 Å². The molecule has 35 heavy (non-hydrogen) atoms. The van der Waals surface area contributed by atoms with Crippen LogP contribution in [0.5, 0.6) is 0 Å². The normalized spacial score (nSPS) is 11.5. The van der Waals surface area contributed by atoms with E-state index in [1.54, 1.807) is 0 Å². The third-order valence-electron chi connectivity index (χ3n) is 7.14. The van der Waals surface area contributed by atoms with E-state index in [0.717, 1.165) is 5.69 Å². The smallest absolute Gasteiger partial charge is 0.0314 e.